The molecule has 14 atom stereocenters. The average Bonchev–Trinajstić information content (AvgIpc) is 3.00. The third kappa shape index (κ3) is 9.67. The maximum absolute atomic E-state index is 13.7. The summed E-state index contributed by atoms with van der Waals surface area (Å²) in [6, 6.07) is -0.0815. The second-order valence-corrected chi connectivity index (χ2v) is 15.6. The molecule has 0 bridgehead atoms. The summed E-state index contributed by atoms with van der Waals surface area (Å²) in [7, 11) is 5.21. The molecule has 0 aromatic carbocycles. The maximum Gasteiger partial charge on any atom is 0.225 e. The van der Waals surface area contributed by atoms with Gasteiger partial charge in [-0.15, -0.1) is 0 Å². The molecule has 4 N–H and O–H groups in total. The van der Waals surface area contributed by atoms with Crippen molar-refractivity contribution < 1.29 is 48.6 Å². The average molecular weight is 688 g/mol. The van der Waals surface area contributed by atoms with Crippen LogP contribution in [0, 0.1) is 17.8 Å². The van der Waals surface area contributed by atoms with Crippen molar-refractivity contribution in [2.75, 3.05) is 34.3 Å². The molecule has 3 fully saturated rings. The van der Waals surface area contributed by atoms with Crippen molar-refractivity contribution in [1.82, 2.24) is 15.1 Å². The molecular weight excluding hydrogens is 622 g/mol. The van der Waals surface area contributed by atoms with Gasteiger partial charge in [-0.1, -0.05) is 20.8 Å². The number of nitrogens with zero attached hydrogens (tertiary/aromatic N) is 2. The minimum absolute atomic E-state index is 0.115. The van der Waals surface area contributed by atoms with Crippen molar-refractivity contribution in [2.24, 2.45) is 17.8 Å². The molecule has 13 heteroatoms. The van der Waals surface area contributed by atoms with E-state index in [1.165, 1.54) is 7.11 Å². The van der Waals surface area contributed by atoms with E-state index in [1.54, 1.807) is 39.6 Å². The number of nitrogens with one attached hydrogen (secondary N) is 1. The molecule has 0 spiro atoms. The number of likely N-dealkylation sites (N-methyl/N-ethyl adjacent to an activating group) is 1. The standard InChI is InChI=1S/C35H65N3O10/c1-19(2)38(11)25-15-21(4)45-33(28(25)40)48-31-22(5)29(47-27-17-35(9,44-12)30(41)24(7)46-27)23(6)32(42)36-14-13-26(39)37(10)18-20(3)16-34(31,8)43/h19-25,27-31,33,40-41,43H,13-18H2,1-12H3,(H,36,42)/t20-,21-,22+,23-,24+,25+,27+,28-,29+,30+,31-,33+,34-,35-/m1/s1. The van der Waals surface area contributed by atoms with Crippen LogP contribution in [0.15, 0.2) is 0 Å². The molecule has 3 aliphatic rings. The summed E-state index contributed by atoms with van der Waals surface area (Å²) in [5.41, 5.74) is -2.47. The molecule has 3 rings (SSSR count). The largest absolute Gasteiger partial charge is 0.387 e. The fourth-order valence-corrected chi connectivity index (χ4v) is 7.80. The Morgan fingerprint density at radius 3 is 2.29 bits per heavy atom. The van der Waals surface area contributed by atoms with Gasteiger partial charge in [0.2, 0.25) is 11.8 Å². The van der Waals surface area contributed by atoms with Crippen LogP contribution < -0.4 is 5.32 Å². The number of amides is 2. The Labute approximate surface area is 287 Å². The second-order valence-electron chi connectivity index (χ2n) is 15.6. The van der Waals surface area contributed by atoms with Crippen LogP contribution in [-0.4, -0.2) is 144 Å². The van der Waals surface area contributed by atoms with E-state index in [0.29, 0.717) is 13.0 Å². The minimum Gasteiger partial charge on any atom is -0.387 e. The second kappa shape index (κ2) is 16.7. The lowest BCUT2D eigenvalue weighted by Gasteiger charge is -2.49. The van der Waals surface area contributed by atoms with Gasteiger partial charge in [0.15, 0.2) is 12.6 Å². The molecule has 0 aromatic heterocycles. The molecular formula is C35H65N3O10. The minimum atomic E-state index is -1.51. The first-order chi connectivity index (χ1) is 22.2. The molecule has 13 nitrogen and oxygen atoms in total. The first-order valence-corrected chi connectivity index (χ1v) is 17.7. The van der Waals surface area contributed by atoms with Crippen molar-refractivity contribution in [3.63, 3.8) is 0 Å². The van der Waals surface area contributed by atoms with Crippen LogP contribution >= 0.6 is 0 Å². The first-order valence-electron chi connectivity index (χ1n) is 17.7. The van der Waals surface area contributed by atoms with Crippen molar-refractivity contribution in [3.8, 4) is 0 Å². The fourth-order valence-electron chi connectivity index (χ4n) is 7.80. The summed E-state index contributed by atoms with van der Waals surface area (Å²) in [5.74, 6) is -1.97. The molecule has 0 aliphatic carbocycles. The number of methoxy groups -OCH3 is 1. The number of hydrogen-bond acceptors (Lipinski definition) is 11. The summed E-state index contributed by atoms with van der Waals surface area (Å²) in [5, 5.41) is 37.7. The Kier molecular flexibility index (Phi) is 14.3. The molecule has 48 heavy (non-hydrogen) atoms. The third-order valence-corrected chi connectivity index (χ3v) is 10.9. The fraction of sp³-hybridized carbons (Fsp3) is 0.943. The molecule has 0 saturated carbocycles. The van der Waals surface area contributed by atoms with Gasteiger partial charge in [0.25, 0.3) is 0 Å². The van der Waals surface area contributed by atoms with Crippen LogP contribution in [0.25, 0.3) is 0 Å². The summed E-state index contributed by atoms with van der Waals surface area (Å²) in [6.07, 6.45) is -5.34. The van der Waals surface area contributed by atoms with E-state index in [1.807, 2.05) is 27.8 Å². The zero-order chi connectivity index (χ0) is 36.3. The molecule has 3 saturated heterocycles. The Bertz CT molecular complexity index is 1060. The van der Waals surface area contributed by atoms with Gasteiger partial charge in [0.1, 0.15) is 12.2 Å². The van der Waals surface area contributed by atoms with Gasteiger partial charge in [-0.25, -0.2) is 0 Å². The summed E-state index contributed by atoms with van der Waals surface area (Å²) in [6.45, 7) is 17.4. The Morgan fingerprint density at radius 1 is 1.04 bits per heavy atom. The summed E-state index contributed by atoms with van der Waals surface area (Å²) < 4.78 is 31.4. The quantitative estimate of drug-likeness (QED) is 0.310. The van der Waals surface area contributed by atoms with Crippen LogP contribution in [0.5, 0.6) is 0 Å². The number of carbonyl (C=O) groups excluding carboxylic acids is 2. The Morgan fingerprint density at radius 2 is 1.69 bits per heavy atom. The summed E-state index contributed by atoms with van der Waals surface area (Å²) >= 11 is 0. The molecule has 3 heterocycles. The highest BCUT2D eigenvalue weighted by Gasteiger charge is 2.51. The normalized spacial score (nSPS) is 44.5. The monoisotopic (exact) mass is 687 g/mol. The Balaban J connectivity index is 2.07. The smallest absolute Gasteiger partial charge is 0.225 e. The van der Waals surface area contributed by atoms with Crippen LogP contribution in [0.3, 0.4) is 0 Å². The summed E-state index contributed by atoms with van der Waals surface area (Å²) in [4.78, 5) is 30.3. The number of aliphatic hydroxyl groups is 3. The topological polar surface area (TPSA) is 159 Å². The highest BCUT2D eigenvalue weighted by molar-refractivity contribution is 5.80. The number of ether oxygens (including phenoxy) is 5. The predicted octanol–water partition coefficient (Wildman–Crippen LogP) is 1.89. The van der Waals surface area contributed by atoms with Crippen molar-refractivity contribution in [2.45, 2.75) is 160 Å². The number of hydrogen-bond donors (Lipinski definition) is 4. The highest BCUT2D eigenvalue weighted by Crippen LogP contribution is 2.39. The van der Waals surface area contributed by atoms with E-state index >= 15 is 0 Å². The number of carbonyl (C=O) groups is 2. The highest BCUT2D eigenvalue weighted by atomic mass is 16.7. The molecule has 0 radical (unpaired) electrons. The van der Waals surface area contributed by atoms with Crippen molar-refractivity contribution >= 4 is 11.8 Å². The zero-order valence-electron chi connectivity index (χ0n) is 31.3. The van der Waals surface area contributed by atoms with Gasteiger partial charge in [-0.05, 0) is 67.3 Å². The lowest BCUT2D eigenvalue weighted by Crippen LogP contribution is -2.61. The SMILES string of the molecule is CO[C@]1(C)C[C@H](O[C@H]2[C@H](C)[C@@H](O[C@@H]3O[C@H](C)C[C@H](N(C)C(C)C)[C@H]3O)[C@](C)(O)C[C@@H](C)CN(C)C(=O)CCNC(=O)[C@@H]2C)O[C@@H](C)[C@@H]1O. The predicted molar refractivity (Wildman–Crippen MR) is 180 cm³/mol. The maximum atomic E-state index is 13.7. The van der Waals surface area contributed by atoms with Crippen LogP contribution in [-0.2, 0) is 33.3 Å². The zero-order valence-corrected chi connectivity index (χ0v) is 31.3. The molecule has 2 amide bonds. The lowest BCUT2D eigenvalue weighted by atomic mass is 9.77. The Hall–Kier alpha value is -1.42. The van der Waals surface area contributed by atoms with Gasteiger partial charge >= 0.3 is 0 Å². The van der Waals surface area contributed by atoms with Crippen molar-refractivity contribution in [1.29, 1.82) is 0 Å². The third-order valence-electron chi connectivity index (χ3n) is 10.9. The number of rotatable bonds is 7. The van der Waals surface area contributed by atoms with E-state index in [0.717, 1.165) is 0 Å². The first kappa shape index (κ1) is 41.0. The van der Waals surface area contributed by atoms with E-state index < -0.39 is 66.1 Å². The van der Waals surface area contributed by atoms with Crippen LogP contribution in [0.4, 0.5) is 0 Å². The molecule has 0 unspecified atom stereocenters. The van der Waals surface area contributed by atoms with Gasteiger partial charge in [-0.2, -0.15) is 0 Å². The van der Waals surface area contributed by atoms with E-state index in [4.69, 9.17) is 23.7 Å². The van der Waals surface area contributed by atoms with E-state index in [2.05, 4.69) is 24.1 Å². The molecule has 280 valence electrons. The molecule has 0 aromatic rings. The van der Waals surface area contributed by atoms with E-state index in [9.17, 15) is 24.9 Å². The van der Waals surface area contributed by atoms with Gasteiger partial charge < -0.3 is 49.2 Å². The van der Waals surface area contributed by atoms with Gasteiger partial charge in [0.05, 0.1) is 41.5 Å². The van der Waals surface area contributed by atoms with Crippen LogP contribution in [0.1, 0.15) is 88.0 Å². The van der Waals surface area contributed by atoms with Crippen LogP contribution in [0.2, 0.25) is 0 Å². The van der Waals surface area contributed by atoms with E-state index in [-0.39, 0.29) is 61.7 Å². The van der Waals surface area contributed by atoms with Gasteiger partial charge in [0, 0.05) is 58.1 Å². The van der Waals surface area contributed by atoms with Gasteiger partial charge in [-0.3, -0.25) is 14.5 Å². The lowest BCUT2D eigenvalue weighted by molar-refractivity contribution is -0.318. The number of aliphatic hydroxyl groups excluding tert-OH is 2. The molecule has 3 aliphatic heterocycles. The van der Waals surface area contributed by atoms with Crippen molar-refractivity contribution in [3.05, 3.63) is 0 Å².